The molecule has 1 aliphatic rings. The van der Waals surface area contributed by atoms with Crippen LogP contribution in [0.4, 0.5) is 0 Å². The molecule has 1 aliphatic heterocycles. The van der Waals surface area contributed by atoms with Crippen molar-refractivity contribution in [2.45, 2.75) is 0 Å². The van der Waals surface area contributed by atoms with Gasteiger partial charge in [-0.2, -0.15) is 0 Å². The molecule has 0 atom stereocenters. The summed E-state index contributed by atoms with van der Waals surface area (Å²) in [5.41, 5.74) is 0.297. The smallest absolute Gasteiger partial charge is 0.253 e. The van der Waals surface area contributed by atoms with Crippen LogP contribution in [0, 0.1) is 0 Å². The highest BCUT2D eigenvalue weighted by atomic mass is 35.5. The summed E-state index contributed by atoms with van der Waals surface area (Å²) < 4.78 is 5.16. The van der Waals surface area contributed by atoms with E-state index in [0.29, 0.717) is 36.9 Å². The summed E-state index contributed by atoms with van der Waals surface area (Å²) in [5.74, 6) is -0.528. The summed E-state index contributed by atoms with van der Waals surface area (Å²) in [6, 6.07) is 4.59. The van der Waals surface area contributed by atoms with Crippen molar-refractivity contribution in [1.29, 1.82) is 0 Å². The number of hydrogen-bond acceptors (Lipinski definition) is 3. The van der Waals surface area contributed by atoms with Crippen LogP contribution < -0.4 is 5.32 Å². The summed E-state index contributed by atoms with van der Waals surface area (Å²) in [6.07, 6.45) is 0. The predicted molar refractivity (Wildman–Crippen MR) is 76.2 cm³/mol. The van der Waals surface area contributed by atoms with Crippen LogP contribution in [0.3, 0.4) is 0 Å². The van der Waals surface area contributed by atoms with Crippen molar-refractivity contribution >= 4 is 35.0 Å². The Bertz CT molecular complexity index is 516. The van der Waals surface area contributed by atoms with Gasteiger partial charge >= 0.3 is 0 Å². The molecule has 0 radical (unpaired) electrons. The summed E-state index contributed by atoms with van der Waals surface area (Å²) in [5, 5.41) is 3.27. The summed E-state index contributed by atoms with van der Waals surface area (Å²) >= 11 is 11.7. The zero-order valence-corrected chi connectivity index (χ0v) is 12.2. The Morgan fingerprint density at radius 3 is 2.60 bits per heavy atom. The number of nitrogens with zero attached hydrogens (tertiary/aromatic N) is 1. The van der Waals surface area contributed by atoms with Gasteiger partial charge in [0.2, 0.25) is 5.91 Å². The Kier molecular flexibility index (Phi) is 5.23. The topological polar surface area (TPSA) is 58.6 Å². The maximum absolute atomic E-state index is 11.9. The summed E-state index contributed by atoms with van der Waals surface area (Å²) in [7, 11) is 0. The van der Waals surface area contributed by atoms with Crippen LogP contribution in [-0.2, 0) is 9.53 Å². The molecule has 0 spiro atoms. The quantitative estimate of drug-likeness (QED) is 0.921. The molecule has 20 heavy (non-hydrogen) atoms. The maximum atomic E-state index is 11.9. The number of nitrogens with one attached hydrogen (secondary N) is 1. The molecule has 0 bridgehead atoms. The number of benzene rings is 1. The third-order valence-corrected chi connectivity index (χ3v) is 3.49. The predicted octanol–water partition coefficient (Wildman–Crippen LogP) is 1.58. The number of carbonyl (C=O) groups is 2. The lowest BCUT2D eigenvalue weighted by molar-refractivity contribution is -0.134. The first-order valence-corrected chi connectivity index (χ1v) is 6.92. The van der Waals surface area contributed by atoms with Gasteiger partial charge in [0, 0.05) is 18.1 Å². The fourth-order valence-electron chi connectivity index (χ4n) is 1.85. The number of morpholine rings is 1. The fourth-order valence-corrected chi connectivity index (χ4v) is 2.34. The van der Waals surface area contributed by atoms with Crippen molar-refractivity contribution in [3.8, 4) is 0 Å². The van der Waals surface area contributed by atoms with E-state index < -0.39 is 5.91 Å². The van der Waals surface area contributed by atoms with Crippen molar-refractivity contribution in [2.75, 3.05) is 32.8 Å². The minimum absolute atomic E-state index is 0.0577. The van der Waals surface area contributed by atoms with Crippen LogP contribution in [0.25, 0.3) is 0 Å². The highest BCUT2D eigenvalue weighted by Gasteiger charge is 2.18. The molecule has 0 saturated carbocycles. The molecular weight excluding hydrogens is 303 g/mol. The SMILES string of the molecule is O=C(NCC(=O)N1CCOCC1)c1ccc(Cl)cc1Cl. The molecule has 7 heteroatoms. The zero-order valence-electron chi connectivity index (χ0n) is 10.7. The number of carbonyl (C=O) groups excluding carboxylic acids is 2. The lowest BCUT2D eigenvalue weighted by atomic mass is 10.2. The van der Waals surface area contributed by atoms with Crippen LogP contribution in [0.1, 0.15) is 10.4 Å². The molecule has 1 aromatic carbocycles. The minimum Gasteiger partial charge on any atom is -0.378 e. The van der Waals surface area contributed by atoms with Gasteiger partial charge in [-0.1, -0.05) is 23.2 Å². The summed E-state index contributed by atoms with van der Waals surface area (Å²) in [6.45, 7) is 2.11. The molecule has 2 rings (SSSR count). The van der Waals surface area contributed by atoms with Crippen molar-refractivity contribution in [3.05, 3.63) is 33.8 Å². The largest absolute Gasteiger partial charge is 0.378 e. The van der Waals surface area contributed by atoms with Crippen LogP contribution >= 0.6 is 23.2 Å². The van der Waals surface area contributed by atoms with Gasteiger partial charge in [-0.3, -0.25) is 9.59 Å². The molecule has 0 aromatic heterocycles. The van der Waals surface area contributed by atoms with Crippen molar-refractivity contribution in [1.82, 2.24) is 10.2 Å². The first-order chi connectivity index (χ1) is 9.58. The van der Waals surface area contributed by atoms with Gasteiger partial charge in [0.05, 0.1) is 30.3 Å². The monoisotopic (exact) mass is 316 g/mol. The molecule has 0 aliphatic carbocycles. The number of ether oxygens (including phenoxy) is 1. The van der Waals surface area contributed by atoms with Crippen molar-refractivity contribution in [3.63, 3.8) is 0 Å². The second-order valence-corrected chi connectivity index (χ2v) is 5.14. The first kappa shape index (κ1) is 15.1. The fraction of sp³-hybridized carbons (Fsp3) is 0.385. The number of rotatable bonds is 3. The minimum atomic E-state index is -0.395. The van der Waals surface area contributed by atoms with E-state index in [1.165, 1.54) is 12.1 Å². The van der Waals surface area contributed by atoms with E-state index in [1.807, 2.05) is 0 Å². The van der Waals surface area contributed by atoms with Crippen LogP contribution in [0.15, 0.2) is 18.2 Å². The molecule has 1 heterocycles. The van der Waals surface area contributed by atoms with Gasteiger partial charge in [-0.15, -0.1) is 0 Å². The molecule has 1 saturated heterocycles. The molecule has 1 aromatic rings. The molecule has 5 nitrogen and oxygen atoms in total. The molecule has 108 valence electrons. The van der Waals surface area contributed by atoms with Crippen LogP contribution in [0.5, 0.6) is 0 Å². The second-order valence-electron chi connectivity index (χ2n) is 4.30. The van der Waals surface area contributed by atoms with E-state index in [1.54, 1.807) is 11.0 Å². The van der Waals surface area contributed by atoms with Crippen LogP contribution in [-0.4, -0.2) is 49.6 Å². The molecule has 0 unspecified atom stereocenters. The first-order valence-electron chi connectivity index (χ1n) is 6.16. The lowest BCUT2D eigenvalue weighted by Gasteiger charge is -2.26. The van der Waals surface area contributed by atoms with Gasteiger partial charge in [-0.05, 0) is 18.2 Å². The second kappa shape index (κ2) is 6.92. The van der Waals surface area contributed by atoms with E-state index >= 15 is 0 Å². The zero-order chi connectivity index (χ0) is 14.5. The Balaban J connectivity index is 1.89. The highest BCUT2D eigenvalue weighted by Crippen LogP contribution is 2.20. The molecule has 1 N–H and O–H groups in total. The Morgan fingerprint density at radius 1 is 1.25 bits per heavy atom. The van der Waals surface area contributed by atoms with E-state index in [4.69, 9.17) is 27.9 Å². The normalized spacial score (nSPS) is 15.0. The van der Waals surface area contributed by atoms with Crippen LogP contribution in [0.2, 0.25) is 10.0 Å². The highest BCUT2D eigenvalue weighted by molar-refractivity contribution is 6.36. The molecule has 1 fully saturated rings. The lowest BCUT2D eigenvalue weighted by Crippen LogP contribution is -2.45. The number of halogens is 2. The molecule has 2 amide bonds. The van der Waals surface area contributed by atoms with E-state index in [0.717, 1.165) is 0 Å². The average Bonchev–Trinajstić information content (AvgIpc) is 2.45. The van der Waals surface area contributed by atoms with E-state index in [-0.39, 0.29) is 17.5 Å². The van der Waals surface area contributed by atoms with Gasteiger partial charge in [0.25, 0.3) is 5.91 Å². The Labute approximate surface area is 126 Å². The Morgan fingerprint density at radius 2 is 1.95 bits per heavy atom. The third kappa shape index (κ3) is 3.85. The van der Waals surface area contributed by atoms with E-state index in [9.17, 15) is 9.59 Å². The van der Waals surface area contributed by atoms with Gasteiger partial charge in [0.15, 0.2) is 0 Å². The standard InChI is InChI=1S/C13H14Cl2N2O3/c14-9-1-2-10(11(15)7-9)13(19)16-8-12(18)17-3-5-20-6-4-17/h1-2,7H,3-6,8H2,(H,16,19). The third-order valence-electron chi connectivity index (χ3n) is 2.94. The summed E-state index contributed by atoms with van der Waals surface area (Å²) in [4.78, 5) is 25.5. The molecular formula is C13H14Cl2N2O3. The van der Waals surface area contributed by atoms with Gasteiger partial charge in [-0.25, -0.2) is 0 Å². The Hall–Kier alpha value is -1.30. The van der Waals surface area contributed by atoms with Crippen molar-refractivity contribution < 1.29 is 14.3 Å². The van der Waals surface area contributed by atoms with E-state index in [2.05, 4.69) is 5.32 Å². The van der Waals surface area contributed by atoms with Gasteiger partial charge < -0.3 is 15.0 Å². The number of amides is 2. The average molecular weight is 317 g/mol. The van der Waals surface area contributed by atoms with Gasteiger partial charge in [0.1, 0.15) is 0 Å². The van der Waals surface area contributed by atoms with Crippen molar-refractivity contribution in [2.24, 2.45) is 0 Å². The maximum Gasteiger partial charge on any atom is 0.253 e. The number of hydrogen-bond donors (Lipinski definition) is 1.